The Labute approximate surface area is 282 Å². The minimum atomic E-state index is -2.44. The summed E-state index contributed by atoms with van der Waals surface area (Å²) in [5.74, 6) is 0.141. The van der Waals surface area contributed by atoms with Crippen LogP contribution in [0.15, 0.2) is 37.5 Å². The van der Waals surface area contributed by atoms with Crippen LogP contribution in [0.3, 0.4) is 0 Å². The molecule has 10 atom stereocenters. The molecule has 2 N–H and O–H groups in total. The van der Waals surface area contributed by atoms with Crippen molar-refractivity contribution in [1.29, 1.82) is 0 Å². The van der Waals surface area contributed by atoms with Crippen molar-refractivity contribution in [3.63, 3.8) is 0 Å². The summed E-state index contributed by atoms with van der Waals surface area (Å²) < 4.78 is 83.2. The van der Waals surface area contributed by atoms with E-state index in [0.29, 0.717) is 29.7 Å². The Hall–Kier alpha value is -2.84. The number of allylic oxidation sites excluding steroid dienone is 1. The fourth-order valence-corrected chi connectivity index (χ4v) is 7.09. The molecule has 0 saturated carbocycles. The standard InChI is InChI=1S/C25H26F2N8O9P2S2/c26-15-19(43-45(38)47)13(6-36)41-24(15)34-10-32-17-12(28-8-29-21(17)34)4-2-1-3-5-40-23-18-22(30-9-31-23)35(11-33-18)25-16(27)20(44-46(39)48)14(7-37)42-25/h1,3,8-11,13-16,19-20,24-25,36-37H,2,4-7H2/p+2/b3-1+/t13-,14-,15-,16-,19-,20-,24-,25-/m1/s1. The minimum Gasteiger partial charge on any atom is -0.472 e. The first-order chi connectivity index (χ1) is 23.2. The Balaban J connectivity index is 1.07. The van der Waals surface area contributed by atoms with Crippen LogP contribution in [0, 0.1) is 0 Å². The van der Waals surface area contributed by atoms with Crippen LogP contribution in [0.5, 0.6) is 5.88 Å². The van der Waals surface area contributed by atoms with Crippen LogP contribution in [-0.4, -0.2) is 106 Å². The Morgan fingerprint density at radius 2 is 1.35 bits per heavy atom. The van der Waals surface area contributed by atoms with Gasteiger partial charge in [0.2, 0.25) is 5.88 Å². The number of alkyl halides is 2. The van der Waals surface area contributed by atoms with E-state index in [1.807, 2.05) is 6.08 Å². The molecule has 0 aromatic carbocycles. The van der Waals surface area contributed by atoms with Gasteiger partial charge in [0.1, 0.15) is 61.5 Å². The summed E-state index contributed by atoms with van der Waals surface area (Å²) in [6, 6.07) is 0. The highest BCUT2D eigenvalue weighted by atomic mass is 32.7. The van der Waals surface area contributed by atoms with Gasteiger partial charge in [-0.3, -0.25) is 9.13 Å². The molecular formula is C25H28F2N8O9P2S2+2. The second-order valence-corrected chi connectivity index (χ2v) is 13.8. The van der Waals surface area contributed by atoms with Crippen LogP contribution >= 0.6 is 39.0 Å². The number of hydrogen-bond acceptors (Lipinski definition) is 15. The Morgan fingerprint density at radius 1 is 0.812 bits per heavy atom. The lowest BCUT2D eigenvalue weighted by Crippen LogP contribution is -2.31. The molecule has 2 aliphatic rings. The maximum absolute atomic E-state index is 15.2. The zero-order chi connectivity index (χ0) is 33.9. The highest BCUT2D eigenvalue weighted by Crippen LogP contribution is 2.42. The zero-order valence-electron chi connectivity index (χ0n) is 24.5. The molecule has 6 rings (SSSR count). The summed E-state index contributed by atoms with van der Waals surface area (Å²) in [4.78, 5) is 25.5. The van der Waals surface area contributed by atoms with E-state index in [-0.39, 0.29) is 23.7 Å². The molecule has 2 fully saturated rings. The number of aryl methyl sites for hydroxylation is 1. The molecule has 0 radical (unpaired) electrons. The maximum atomic E-state index is 15.2. The average molecular weight is 749 g/mol. The van der Waals surface area contributed by atoms with Crippen LogP contribution in [0.4, 0.5) is 8.78 Å². The lowest BCUT2D eigenvalue weighted by Gasteiger charge is -2.15. The van der Waals surface area contributed by atoms with E-state index in [2.05, 4.69) is 54.4 Å². The second-order valence-electron chi connectivity index (χ2n) is 10.5. The third-order valence-electron chi connectivity index (χ3n) is 7.66. The summed E-state index contributed by atoms with van der Waals surface area (Å²) >= 11 is 7.35. The van der Waals surface area contributed by atoms with Gasteiger partial charge in [0.05, 0.1) is 31.6 Å². The van der Waals surface area contributed by atoms with E-state index >= 15 is 8.78 Å². The van der Waals surface area contributed by atoms with Gasteiger partial charge in [0, 0.05) is 0 Å². The van der Waals surface area contributed by atoms with E-state index in [1.54, 1.807) is 6.08 Å². The van der Waals surface area contributed by atoms with Crippen molar-refractivity contribution in [1.82, 2.24) is 39.0 Å². The largest absolute Gasteiger partial charge is 0.582 e. The van der Waals surface area contributed by atoms with Crippen molar-refractivity contribution in [2.45, 2.75) is 62.1 Å². The number of halogens is 2. The second kappa shape index (κ2) is 15.4. The van der Waals surface area contributed by atoms with Crippen LogP contribution < -0.4 is 4.74 Å². The number of aliphatic hydroxyl groups excluding tert-OH is 2. The molecular weight excluding hydrogens is 720 g/mol. The monoisotopic (exact) mass is 748 g/mol. The molecule has 2 aliphatic heterocycles. The summed E-state index contributed by atoms with van der Waals surface area (Å²) in [6.07, 6.45) is -0.971. The molecule has 4 aromatic heterocycles. The number of rotatable bonds is 14. The van der Waals surface area contributed by atoms with Crippen molar-refractivity contribution in [3.05, 3.63) is 43.2 Å². The van der Waals surface area contributed by atoms with Crippen molar-refractivity contribution in [2.24, 2.45) is 0 Å². The normalized spacial score (nSPS) is 28.2. The molecule has 4 aromatic rings. The Kier molecular flexibility index (Phi) is 11.2. The van der Waals surface area contributed by atoms with Gasteiger partial charge in [-0.25, -0.2) is 33.7 Å². The Morgan fingerprint density at radius 3 is 1.92 bits per heavy atom. The molecule has 48 heavy (non-hydrogen) atoms. The van der Waals surface area contributed by atoms with E-state index in [9.17, 15) is 19.3 Å². The summed E-state index contributed by atoms with van der Waals surface area (Å²) in [5.41, 5.74) is 1.81. The quantitative estimate of drug-likeness (QED) is 0.0831. The van der Waals surface area contributed by atoms with Crippen LogP contribution in [-0.2, 0) is 34.1 Å². The summed E-state index contributed by atoms with van der Waals surface area (Å²) in [6.45, 7) is -1.00. The number of ether oxygens (including phenoxy) is 3. The van der Waals surface area contributed by atoms with Gasteiger partial charge in [-0.05, 0) is 22.0 Å². The van der Waals surface area contributed by atoms with Crippen molar-refractivity contribution < 1.29 is 51.4 Å². The third kappa shape index (κ3) is 7.07. The molecule has 17 nitrogen and oxygen atoms in total. The molecule has 23 heteroatoms. The molecule has 0 spiro atoms. The van der Waals surface area contributed by atoms with Gasteiger partial charge < -0.3 is 24.4 Å². The molecule has 6 heterocycles. The van der Waals surface area contributed by atoms with Gasteiger partial charge >= 0.3 is 14.5 Å². The van der Waals surface area contributed by atoms with Crippen LogP contribution in [0.25, 0.3) is 22.3 Å². The number of thiol groups is 2. The number of hydrogen-bond donors (Lipinski definition) is 4. The van der Waals surface area contributed by atoms with Crippen molar-refractivity contribution in [3.8, 4) is 5.88 Å². The minimum absolute atomic E-state index is 0.111. The Bertz CT molecular complexity index is 1700. The molecule has 0 amide bonds. The number of imidazole rings is 2. The van der Waals surface area contributed by atoms with Gasteiger partial charge in [-0.2, -0.15) is 4.98 Å². The first-order valence-electron chi connectivity index (χ1n) is 14.3. The smallest absolute Gasteiger partial charge is 0.472 e. The first kappa shape index (κ1) is 35.0. The molecule has 2 saturated heterocycles. The molecule has 2 unspecified atom stereocenters. The third-order valence-corrected chi connectivity index (χ3v) is 9.07. The van der Waals surface area contributed by atoms with E-state index in [1.165, 1.54) is 34.4 Å². The van der Waals surface area contributed by atoms with Crippen molar-refractivity contribution >= 4 is 61.3 Å². The zero-order valence-corrected chi connectivity index (χ0v) is 28.1. The molecule has 0 bridgehead atoms. The summed E-state index contributed by atoms with van der Waals surface area (Å²) in [5, 5.41) is 19.2. The fraction of sp³-hybridized carbons (Fsp3) is 0.520. The SMILES string of the molecule is O=[P+](S)O[C@H]1[C@@H](F)[C@H](n2cnc3c(CC/C=C/COc4ncnc5c4ncn5[C@@H]4O[C@H](CO)[C@@H](O[P+](=O)S)[C@H]4F)ncnc32)O[C@@H]1CO. The van der Waals surface area contributed by atoms with Gasteiger partial charge in [-0.15, -0.1) is 9.05 Å². The highest BCUT2D eigenvalue weighted by molar-refractivity contribution is 8.39. The lowest BCUT2D eigenvalue weighted by molar-refractivity contribution is -0.0427. The molecule has 256 valence electrons. The van der Waals surface area contributed by atoms with E-state index < -0.39 is 76.9 Å². The number of aromatic nitrogens is 8. The maximum Gasteiger partial charge on any atom is 0.582 e. The number of fused-ring (bicyclic) bond motifs is 2. The topological polar surface area (TPSA) is 208 Å². The fourth-order valence-electron chi connectivity index (χ4n) is 5.51. The van der Waals surface area contributed by atoms with Crippen LogP contribution in [0.2, 0.25) is 0 Å². The number of nitrogens with zero attached hydrogens (tertiary/aromatic N) is 8. The summed E-state index contributed by atoms with van der Waals surface area (Å²) in [7, 11) is -4.87. The van der Waals surface area contributed by atoms with Crippen LogP contribution in [0.1, 0.15) is 24.6 Å². The van der Waals surface area contributed by atoms with E-state index in [0.717, 1.165) is 0 Å². The first-order valence-corrected chi connectivity index (χ1v) is 19.0. The lowest BCUT2D eigenvalue weighted by atomic mass is 10.1. The number of aliphatic hydroxyl groups is 2. The van der Waals surface area contributed by atoms with Gasteiger partial charge in [0.25, 0.3) is 0 Å². The van der Waals surface area contributed by atoms with E-state index in [4.69, 9.17) is 23.3 Å². The predicted octanol–water partition coefficient (Wildman–Crippen LogP) is 2.93. The molecule has 0 aliphatic carbocycles. The predicted molar refractivity (Wildman–Crippen MR) is 168 cm³/mol. The average Bonchev–Trinajstić information content (AvgIpc) is 3.83. The van der Waals surface area contributed by atoms with Gasteiger partial charge in [-0.1, -0.05) is 12.2 Å². The van der Waals surface area contributed by atoms with Gasteiger partial charge in [0.15, 0.2) is 53.8 Å². The van der Waals surface area contributed by atoms with Crippen molar-refractivity contribution in [2.75, 3.05) is 19.8 Å². The highest BCUT2D eigenvalue weighted by Gasteiger charge is 2.52.